The topological polar surface area (TPSA) is 40.5 Å². The quantitative estimate of drug-likeness (QED) is 0.579. The summed E-state index contributed by atoms with van der Waals surface area (Å²) in [4.78, 5) is 0. The molecule has 0 aromatic carbocycles. The predicted octanol–water partition coefficient (Wildman–Crippen LogP) is 1.70. The summed E-state index contributed by atoms with van der Waals surface area (Å²) in [6.07, 6.45) is 3.24. The molecule has 2 nitrogen and oxygen atoms in total. The van der Waals surface area contributed by atoms with Gasteiger partial charge >= 0.3 is 0 Å². The van der Waals surface area contributed by atoms with E-state index in [-0.39, 0.29) is 5.41 Å². The van der Waals surface area contributed by atoms with Gasteiger partial charge in [0, 0.05) is 5.41 Å². The van der Waals surface area contributed by atoms with E-state index >= 15 is 0 Å². The smallest absolute Gasteiger partial charge is 0.130 e. The van der Waals surface area contributed by atoms with Crippen molar-refractivity contribution < 1.29 is 10.2 Å². The molecule has 1 fully saturated rings. The van der Waals surface area contributed by atoms with Crippen molar-refractivity contribution in [3.63, 3.8) is 0 Å². The third-order valence-electron chi connectivity index (χ3n) is 3.20. The van der Waals surface area contributed by atoms with Crippen LogP contribution in [0.25, 0.3) is 0 Å². The second kappa shape index (κ2) is 3.92. The summed E-state index contributed by atoms with van der Waals surface area (Å²) in [5, 5.41) is 19.4. The highest BCUT2D eigenvalue weighted by Crippen LogP contribution is 2.43. The largest absolute Gasteiger partial charge is 0.381 e. The lowest BCUT2D eigenvalue weighted by Crippen LogP contribution is -2.46. The molecule has 2 heteroatoms. The van der Waals surface area contributed by atoms with Crippen LogP contribution in [0.5, 0.6) is 0 Å². The Labute approximate surface area is 86.3 Å². The van der Waals surface area contributed by atoms with Crippen LogP contribution < -0.4 is 0 Å². The minimum atomic E-state index is -0.914. The molecule has 2 unspecified atom stereocenters. The Hall–Kier alpha value is -0.520. The number of hydrogen-bond acceptors (Lipinski definition) is 2. The minimum absolute atomic E-state index is 0.160. The first-order chi connectivity index (χ1) is 6.37. The van der Waals surface area contributed by atoms with E-state index in [1.807, 2.05) is 13.8 Å². The summed E-state index contributed by atoms with van der Waals surface area (Å²) >= 11 is 0. The second-order valence-corrected chi connectivity index (χ2v) is 4.90. The SMILES string of the molecule is CC(O)C#CC1(O)CCCCC1(C)C. The molecule has 1 aliphatic rings. The number of rotatable bonds is 0. The van der Waals surface area contributed by atoms with E-state index in [2.05, 4.69) is 11.8 Å². The molecule has 2 atom stereocenters. The van der Waals surface area contributed by atoms with Crippen molar-refractivity contribution in [1.82, 2.24) is 0 Å². The normalized spacial score (nSPS) is 32.9. The molecular formula is C12H20O2. The Bertz CT molecular complexity index is 257. The first-order valence-electron chi connectivity index (χ1n) is 5.30. The Balaban J connectivity index is 2.86. The Kier molecular flexibility index (Phi) is 3.24. The van der Waals surface area contributed by atoms with Gasteiger partial charge in [-0.3, -0.25) is 0 Å². The molecule has 1 saturated carbocycles. The minimum Gasteiger partial charge on any atom is -0.381 e. The molecule has 0 spiro atoms. The number of aliphatic hydroxyl groups is 2. The lowest BCUT2D eigenvalue weighted by molar-refractivity contribution is -0.0483. The average molecular weight is 196 g/mol. The van der Waals surface area contributed by atoms with E-state index in [1.165, 1.54) is 0 Å². The molecule has 0 aliphatic heterocycles. The molecule has 0 aromatic rings. The molecule has 80 valence electrons. The fraction of sp³-hybridized carbons (Fsp3) is 0.833. The van der Waals surface area contributed by atoms with Crippen LogP contribution in [0, 0.1) is 17.3 Å². The molecule has 0 heterocycles. The number of aliphatic hydroxyl groups excluding tert-OH is 1. The summed E-state index contributed by atoms with van der Waals surface area (Å²) in [6.45, 7) is 5.71. The zero-order chi connectivity index (χ0) is 10.8. The standard InChI is InChI=1S/C12H20O2/c1-10(13)6-9-12(14)8-5-4-7-11(12,2)3/h10,13-14H,4-5,7-8H2,1-3H3. The fourth-order valence-corrected chi connectivity index (χ4v) is 1.95. The van der Waals surface area contributed by atoms with Crippen molar-refractivity contribution in [2.45, 2.75) is 58.2 Å². The summed E-state index contributed by atoms with van der Waals surface area (Å²) in [5.74, 6) is 5.51. The second-order valence-electron chi connectivity index (χ2n) is 4.90. The first kappa shape index (κ1) is 11.6. The Morgan fingerprint density at radius 2 is 1.79 bits per heavy atom. The van der Waals surface area contributed by atoms with Crippen LogP contribution in [-0.4, -0.2) is 21.9 Å². The van der Waals surface area contributed by atoms with Crippen LogP contribution in [-0.2, 0) is 0 Å². The van der Waals surface area contributed by atoms with Gasteiger partial charge in [-0.15, -0.1) is 0 Å². The van der Waals surface area contributed by atoms with Crippen LogP contribution in [0.3, 0.4) is 0 Å². The molecule has 14 heavy (non-hydrogen) atoms. The molecule has 0 bridgehead atoms. The van der Waals surface area contributed by atoms with Crippen LogP contribution in [0.4, 0.5) is 0 Å². The van der Waals surface area contributed by atoms with Crippen molar-refractivity contribution in [3.05, 3.63) is 0 Å². The van der Waals surface area contributed by atoms with E-state index in [1.54, 1.807) is 6.92 Å². The van der Waals surface area contributed by atoms with E-state index in [0.717, 1.165) is 25.7 Å². The summed E-state index contributed by atoms with van der Waals surface area (Å²) in [7, 11) is 0. The van der Waals surface area contributed by atoms with Gasteiger partial charge in [-0.1, -0.05) is 32.1 Å². The zero-order valence-corrected chi connectivity index (χ0v) is 9.30. The van der Waals surface area contributed by atoms with Crippen molar-refractivity contribution in [3.8, 4) is 11.8 Å². The van der Waals surface area contributed by atoms with E-state index in [4.69, 9.17) is 5.11 Å². The van der Waals surface area contributed by atoms with E-state index in [9.17, 15) is 5.11 Å². The number of hydrogen-bond donors (Lipinski definition) is 2. The van der Waals surface area contributed by atoms with E-state index in [0.29, 0.717) is 0 Å². The summed E-state index contributed by atoms with van der Waals surface area (Å²) in [5.41, 5.74) is -1.07. The summed E-state index contributed by atoms with van der Waals surface area (Å²) < 4.78 is 0. The Morgan fingerprint density at radius 1 is 1.21 bits per heavy atom. The van der Waals surface area contributed by atoms with Crippen LogP contribution in [0.2, 0.25) is 0 Å². The molecule has 1 aliphatic carbocycles. The lowest BCUT2D eigenvalue weighted by Gasteiger charge is -2.43. The maximum Gasteiger partial charge on any atom is 0.130 e. The monoisotopic (exact) mass is 196 g/mol. The van der Waals surface area contributed by atoms with Crippen LogP contribution >= 0.6 is 0 Å². The van der Waals surface area contributed by atoms with Crippen LogP contribution in [0.15, 0.2) is 0 Å². The van der Waals surface area contributed by atoms with Gasteiger partial charge in [0.1, 0.15) is 11.7 Å². The van der Waals surface area contributed by atoms with Gasteiger partial charge in [-0.05, 0) is 26.2 Å². The fourth-order valence-electron chi connectivity index (χ4n) is 1.95. The molecule has 0 amide bonds. The maximum atomic E-state index is 10.4. The molecule has 0 saturated heterocycles. The van der Waals surface area contributed by atoms with Crippen molar-refractivity contribution >= 4 is 0 Å². The van der Waals surface area contributed by atoms with Crippen molar-refractivity contribution in [1.29, 1.82) is 0 Å². The molecule has 2 N–H and O–H groups in total. The van der Waals surface area contributed by atoms with Gasteiger partial charge in [0.2, 0.25) is 0 Å². The molecular weight excluding hydrogens is 176 g/mol. The summed E-state index contributed by atoms with van der Waals surface area (Å²) in [6, 6.07) is 0. The first-order valence-corrected chi connectivity index (χ1v) is 5.30. The highest BCUT2D eigenvalue weighted by molar-refractivity contribution is 5.21. The van der Waals surface area contributed by atoms with Gasteiger partial charge in [-0.25, -0.2) is 0 Å². The maximum absolute atomic E-state index is 10.4. The highest BCUT2D eigenvalue weighted by Gasteiger charge is 2.43. The van der Waals surface area contributed by atoms with Gasteiger partial charge in [0.15, 0.2) is 0 Å². The van der Waals surface area contributed by atoms with E-state index < -0.39 is 11.7 Å². The lowest BCUT2D eigenvalue weighted by atomic mass is 9.66. The third-order valence-corrected chi connectivity index (χ3v) is 3.20. The molecule has 0 radical (unpaired) electrons. The van der Waals surface area contributed by atoms with Gasteiger partial charge in [-0.2, -0.15) is 0 Å². The average Bonchev–Trinajstić information content (AvgIpc) is 2.07. The highest BCUT2D eigenvalue weighted by atomic mass is 16.3. The predicted molar refractivity (Wildman–Crippen MR) is 56.7 cm³/mol. The molecule has 0 aromatic heterocycles. The van der Waals surface area contributed by atoms with Crippen molar-refractivity contribution in [2.75, 3.05) is 0 Å². The molecule has 1 rings (SSSR count). The third kappa shape index (κ3) is 2.29. The van der Waals surface area contributed by atoms with Crippen molar-refractivity contribution in [2.24, 2.45) is 5.41 Å². The van der Waals surface area contributed by atoms with Gasteiger partial charge < -0.3 is 10.2 Å². The zero-order valence-electron chi connectivity index (χ0n) is 9.30. The Morgan fingerprint density at radius 3 is 2.29 bits per heavy atom. The van der Waals surface area contributed by atoms with Gasteiger partial charge in [0.25, 0.3) is 0 Å². The van der Waals surface area contributed by atoms with Gasteiger partial charge in [0.05, 0.1) is 0 Å². The van der Waals surface area contributed by atoms with Crippen LogP contribution in [0.1, 0.15) is 46.5 Å².